The van der Waals surface area contributed by atoms with E-state index < -0.39 is 17.8 Å². The van der Waals surface area contributed by atoms with E-state index in [0.717, 1.165) is 58.3 Å². The van der Waals surface area contributed by atoms with Crippen molar-refractivity contribution in [3.8, 4) is 11.5 Å². The average Bonchev–Trinajstić information content (AvgIpc) is 3.22. The summed E-state index contributed by atoms with van der Waals surface area (Å²) in [5, 5.41) is 4.62. The van der Waals surface area contributed by atoms with Gasteiger partial charge in [0.1, 0.15) is 23.7 Å². The van der Waals surface area contributed by atoms with Crippen molar-refractivity contribution in [3.05, 3.63) is 172 Å². The fourth-order valence-corrected chi connectivity index (χ4v) is 8.48. The van der Waals surface area contributed by atoms with Crippen molar-refractivity contribution in [3.63, 3.8) is 0 Å². The highest BCUT2D eigenvalue weighted by Crippen LogP contribution is 2.50. The predicted molar refractivity (Wildman–Crippen MR) is 215 cm³/mol. The van der Waals surface area contributed by atoms with Gasteiger partial charge in [-0.2, -0.15) is 0 Å². The van der Waals surface area contributed by atoms with Crippen molar-refractivity contribution in [1.82, 2.24) is 5.32 Å². The molecule has 2 atom stereocenters. The van der Waals surface area contributed by atoms with Crippen molar-refractivity contribution >= 4 is 46.1 Å². The Morgan fingerprint density at radius 3 is 2.04 bits per heavy atom. The Bertz CT molecular complexity index is 2420. The standard InChI is InChI=1S/C47H39N3O5/c1-54-36-20-19-33(43(28-36)55-29-34-17-10-16-30-15-8-9-18-37(30)34)25-42-45(51)48-47(53)50(46(42)52)35-26-40-38(31-11-4-2-5-12-31)21-23-49-24-22-39(41(27-35)44(40)49)32-13-6-3-7-14-32/h2-20,25-28,38-39H,21-24,29H2,1H3,(H,48,51,53)/b42-25+/t38-,39+. The van der Waals surface area contributed by atoms with Crippen molar-refractivity contribution in [2.24, 2.45) is 0 Å². The third kappa shape index (κ3) is 6.29. The van der Waals surface area contributed by atoms with Crippen molar-refractivity contribution in [1.29, 1.82) is 0 Å². The second-order valence-electron chi connectivity index (χ2n) is 14.3. The first-order valence-corrected chi connectivity index (χ1v) is 18.7. The SMILES string of the molecule is COc1ccc(/C=C2\C(=O)NC(=O)N(c3cc4c5c(c3)[C@H](c3ccccc3)CCN5CC[C@@H]4c3ccccc3)C2=O)c(OCc2cccc3ccccc23)c1. The van der Waals surface area contributed by atoms with Gasteiger partial charge in [0.05, 0.1) is 12.8 Å². The van der Waals surface area contributed by atoms with Crippen LogP contribution in [-0.4, -0.2) is 38.0 Å². The normalized spacial score (nSPS) is 18.6. The minimum absolute atomic E-state index is 0.0704. The van der Waals surface area contributed by atoms with E-state index >= 15 is 0 Å². The van der Waals surface area contributed by atoms with Gasteiger partial charge in [-0.05, 0) is 81.8 Å². The second kappa shape index (κ2) is 14.3. The Labute approximate surface area is 319 Å². The summed E-state index contributed by atoms with van der Waals surface area (Å²) >= 11 is 0. The number of carbonyl (C=O) groups excluding carboxylic acids is 3. The number of urea groups is 1. The van der Waals surface area contributed by atoms with Crippen LogP contribution in [0.25, 0.3) is 16.8 Å². The van der Waals surface area contributed by atoms with E-state index in [2.05, 4.69) is 52.7 Å². The summed E-state index contributed by atoms with van der Waals surface area (Å²) in [5.74, 6) is -0.338. The predicted octanol–water partition coefficient (Wildman–Crippen LogP) is 8.97. The van der Waals surface area contributed by atoms with Crippen LogP contribution in [-0.2, 0) is 16.2 Å². The lowest BCUT2D eigenvalue weighted by atomic mass is 9.76. The molecule has 6 aromatic carbocycles. The molecule has 0 unspecified atom stereocenters. The number of hydrogen-bond acceptors (Lipinski definition) is 6. The monoisotopic (exact) mass is 725 g/mol. The highest BCUT2D eigenvalue weighted by atomic mass is 16.5. The third-order valence-corrected chi connectivity index (χ3v) is 11.1. The lowest BCUT2D eigenvalue weighted by Crippen LogP contribution is -2.54. The van der Waals surface area contributed by atoms with Crippen LogP contribution in [0.3, 0.4) is 0 Å². The number of imide groups is 2. The number of barbiturate groups is 1. The van der Waals surface area contributed by atoms with E-state index in [1.54, 1.807) is 25.3 Å². The van der Waals surface area contributed by atoms with Gasteiger partial charge in [0.2, 0.25) is 0 Å². The molecule has 0 aliphatic carbocycles. The van der Waals surface area contributed by atoms with Crippen LogP contribution in [0, 0.1) is 0 Å². The molecule has 6 aromatic rings. The zero-order valence-corrected chi connectivity index (χ0v) is 30.4. The molecule has 3 heterocycles. The van der Waals surface area contributed by atoms with E-state index in [0.29, 0.717) is 22.7 Å². The number of anilines is 2. The summed E-state index contributed by atoms with van der Waals surface area (Å²) in [6.45, 7) is 2.07. The van der Waals surface area contributed by atoms with Gasteiger partial charge in [-0.1, -0.05) is 103 Å². The smallest absolute Gasteiger partial charge is 0.335 e. The molecule has 3 aliphatic rings. The molecule has 4 amide bonds. The van der Waals surface area contributed by atoms with Gasteiger partial charge in [-0.25, -0.2) is 9.69 Å². The molecule has 0 spiro atoms. The number of methoxy groups -OCH3 is 1. The Balaban J connectivity index is 1.12. The molecule has 1 N–H and O–H groups in total. The number of nitrogens with one attached hydrogen (secondary N) is 1. The number of nitrogens with zero attached hydrogens (tertiary/aromatic N) is 2. The second-order valence-corrected chi connectivity index (χ2v) is 14.3. The summed E-state index contributed by atoms with van der Waals surface area (Å²) in [6, 6.07) is 43.4. The first-order chi connectivity index (χ1) is 27.0. The lowest BCUT2D eigenvalue weighted by molar-refractivity contribution is -0.122. The number of ether oxygens (including phenoxy) is 2. The van der Waals surface area contributed by atoms with E-state index in [4.69, 9.17) is 9.47 Å². The fourth-order valence-electron chi connectivity index (χ4n) is 8.48. The number of amides is 4. The average molecular weight is 726 g/mol. The summed E-state index contributed by atoms with van der Waals surface area (Å²) in [5.41, 5.74) is 7.44. The molecular weight excluding hydrogens is 687 g/mol. The minimum atomic E-state index is -0.780. The summed E-state index contributed by atoms with van der Waals surface area (Å²) < 4.78 is 11.9. The minimum Gasteiger partial charge on any atom is -0.497 e. The number of fused-ring (bicyclic) bond motifs is 1. The molecule has 9 rings (SSSR count). The van der Waals surface area contributed by atoms with Gasteiger partial charge in [0.15, 0.2) is 0 Å². The van der Waals surface area contributed by atoms with E-state index in [1.165, 1.54) is 22.9 Å². The molecule has 0 saturated carbocycles. The summed E-state index contributed by atoms with van der Waals surface area (Å²) in [6.07, 6.45) is 3.30. The Morgan fingerprint density at radius 1 is 0.727 bits per heavy atom. The van der Waals surface area contributed by atoms with Crippen molar-refractivity contribution < 1.29 is 23.9 Å². The van der Waals surface area contributed by atoms with Crippen LogP contribution in [0.4, 0.5) is 16.2 Å². The van der Waals surface area contributed by atoms with Crippen molar-refractivity contribution in [2.45, 2.75) is 31.3 Å². The number of hydrogen-bond donors (Lipinski definition) is 1. The van der Waals surface area contributed by atoms with Gasteiger partial charge in [0.25, 0.3) is 11.8 Å². The largest absolute Gasteiger partial charge is 0.497 e. The van der Waals surface area contributed by atoms with E-state index in [9.17, 15) is 14.4 Å². The zero-order valence-electron chi connectivity index (χ0n) is 30.4. The molecule has 0 aromatic heterocycles. The van der Waals surface area contributed by atoms with Gasteiger partial charge in [-0.15, -0.1) is 0 Å². The number of benzene rings is 6. The van der Waals surface area contributed by atoms with Crippen LogP contribution >= 0.6 is 0 Å². The molecule has 3 aliphatic heterocycles. The van der Waals surface area contributed by atoms with Crippen LogP contribution in [0.5, 0.6) is 11.5 Å². The topological polar surface area (TPSA) is 88.2 Å². The lowest BCUT2D eigenvalue weighted by Gasteiger charge is -2.44. The van der Waals surface area contributed by atoms with Gasteiger partial charge >= 0.3 is 6.03 Å². The maximum absolute atomic E-state index is 14.6. The van der Waals surface area contributed by atoms with Gasteiger partial charge in [-0.3, -0.25) is 14.9 Å². The molecule has 55 heavy (non-hydrogen) atoms. The molecule has 8 nitrogen and oxygen atoms in total. The Kier molecular flexibility index (Phi) is 8.86. The Morgan fingerprint density at radius 2 is 1.36 bits per heavy atom. The van der Waals surface area contributed by atoms with Gasteiger partial charge < -0.3 is 14.4 Å². The first kappa shape index (κ1) is 34.1. The number of carbonyl (C=O) groups is 3. The molecule has 0 radical (unpaired) electrons. The number of rotatable bonds is 8. The first-order valence-electron chi connectivity index (χ1n) is 18.7. The Hall–Kier alpha value is -6.67. The highest BCUT2D eigenvalue weighted by molar-refractivity contribution is 6.39. The summed E-state index contributed by atoms with van der Waals surface area (Å²) in [4.78, 5) is 45.4. The highest BCUT2D eigenvalue weighted by Gasteiger charge is 2.40. The van der Waals surface area contributed by atoms with Crippen LogP contribution in [0.1, 0.15) is 58.1 Å². The van der Waals surface area contributed by atoms with E-state index in [1.807, 2.05) is 72.8 Å². The van der Waals surface area contributed by atoms with Crippen LogP contribution in [0.2, 0.25) is 0 Å². The zero-order chi connectivity index (χ0) is 37.5. The maximum atomic E-state index is 14.6. The maximum Gasteiger partial charge on any atom is 0.335 e. The quantitative estimate of drug-likeness (QED) is 0.125. The van der Waals surface area contributed by atoms with Crippen molar-refractivity contribution in [2.75, 3.05) is 30.0 Å². The van der Waals surface area contributed by atoms with Crippen LogP contribution < -0.4 is 24.6 Å². The third-order valence-electron chi connectivity index (χ3n) is 11.1. The molecule has 272 valence electrons. The molecule has 1 fully saturated rings. The molecule has 8 heteroatoms. The molecule has 0 bridgehead atoms. The van der Waals surface area contributed by atoms with E-state index in [-0.39, 0.29) is 24.0 Å². The fraction of sp³-hybridized carbons (Fsp3) is 0.170. The van der Waals surface area contributed by atoms with Crippen LogP contribution in [0.15, 0.2) is 139 Å². The molecular formula is C47H39N3O5. The molecule has 1 saturated heterocycles. The summed E-state index contributed by atoms with van der Waals surface area (Å²) in [7, 11) is 1.57. The van der Waals surface area contributed by atoms with Gasteiger partial charge in [0, 0.05) is 42.2 Å².